The first-order valence-corrected chi connectivity index (χ1v) is 15.0. The van der Waals surface area contributed by atoms with E-state index in [2.05, 4.69) is 74.5 Å². The summed E-state index contributed by atoms with van der Waals surface area (Å²) in [6, 6.07) is 17.4. The molecule has 0 N–H and O–H groups in total. The Kier molecular flexibility index (Phi) is 16.4. The van der Waals surface area contributed by atoms with Gasteiger partial charge < -0.3 is 0 Å². The molecule has 2 aromatic rings. The average molecular weight is 491 g/mol. The predicted molar refractivity (Wildman–Crippen MR) is 162 cm³/mol. The largest absolute Gasteiger partial charge is 0.0795 e. The molecule has 0 bridgehead atoms. The topological polar surface area (TPSA) is 0 Å². The third-order valence-electron chi connectivity index (χ3n) is 7.03. The van der Waals surface area contributed by atoms with Crippen molar-refractivity contribution in [2.24, 2.45) is 0 Å². The maximum absolute atomic E-state index is 5.59. The molecule has 0 radical (unpaired) electrons. The van der Waals surface area contributed by atoms with Crippen LogP contribution in [-0.4, -0.2) is 4.86 Å². The van der Waals surface area contributed by atoms with E-state index in [4.69, 9.17) is 12.2 Å². The van der Waals surface area contributed by atoms with Crippen LogP contribution >= 0.6 is 12.2 Å². The van der Waals surface area contributed by atoms with Gasteiger partial charge in [-0.25, -0.2) is 0 Å². The maximum atomic E-state index is 5.59. The minimum absolute atomic E-state index is 0.896. The number of hydrogen-bond donors (Lipinski definition) is 0. The number of hydrogen-bond acceptors (Lipinski definition) is 1. The summed E-state index contributed by atoms with van der Waals surface area (Å²) in [6.45, 7) is 4.40. The third-order valence-corrected chi connectivity index (χ3v) is 7.41. The van der Waals surface area contributed by atoms with Gasteiger partial charge in [0, 0.05) is 4.86 Å². The Hall–Kier alpha value is -1.73. The first kappa shape index (κ1) is 29.5. The van der Waals surface area contributed by atoms with Crippen LogP contribution in [0.3, 0.4) is 0 Å². The third kappa shape index (κ3) is 14.4. The second-order valence-corrected chi connectivity index (χ2v) is 10.8. The van der Waals surface area contributed by atoms with Crippen LogP contribution in [0.15, 0.2) is 54.6 Å². The smallest absolute Gasteiger partial charge is 0.0449 e. The first-order valence-electron chi connectivity index (χ1n) is 14.6. The number of rotatable bonds is 20. The SMILES string of the molecule is CCCCCCCCCCCCCCCCCCc1cccc(C=CC(=S)c2ccc(C)cc2)c1. The summed E-state index contributed by atoms with van der Waals surface area (Å²) < 4.78 is 0. The van der Waals surface area contributed by atoms with Gasteiger partial charge in [0.15, 0.2) is 0 Å². The van der Waals surface area contributed by atoms with E-state index in [0.717, 1.165) is 10.4 Å². The fourth-order valence-electron chi connectivity index (χ4n) is 4.72. The Morgan fingerprint density at radius 1 is 0.657 bits per heavy atom. The molecule has 0 amide bonds. The summed E-state index contributed by atoms with van der Waals surface area (Å²) in [5.74, 6) is 0. The molecule has 2 rings (SSSR count). The van der Waals surface area contributed by atoms with Gasteiger partial charge in [0.25, 0.3) is 0 Å². The molecule has 0 heterocycles. The van der Waals surface area contributed by atoms with Crippen molar-refractivity contribution in [2.45, 2.75) is 123 Å². The lowest BCUT2D eigenvalue weighted by Gasteiger charge is -2.05. The minimum Gasteiger partial charge on any atom is -0.0795 e. The van der Waals surface area contributed by atoms with Crippen molar-refractivity contribution in [3.05, 3.63) is 76.9 Å². The highest BCUT2D eigenvalue weighted by Crippen LogP contribution is 2.16. The van der Waals surface area contributed by atoms with Crippen LogP contribution in [-0.2, 0) is 6.42 Å². The Labute approximate surface area is 222 Å². The van der Waals surface area contributed by atoms with E-state index in [1.807, 2.05) is 0 Å². The molecule has 1 heteroatoms. The summed E-state index contributed by atoms with van der Waals surface area (Å²) in [4.78, 5) is 0.896. The standard InChI is InChI=1S/C34H50S/c1-3-4-5-6-7-8-9-10-11-12-13-14-15-16-17-18-20-31-21-19-22-32(29-31)25-28-34(35)33-26-23-30(2)24-27-33/h19,21-29H,3-18,20H2,1-2H3. The number of aryl methyl sites for hydroxylation is 2. The number of thiocarbonyl (C=S) groups is 1. The lowest BCUT2D eigenvalue weighted by molar-refractivity contribution is 0.529. The van der Waals surface area contributed by atoms with E-state index in [0.29, 0.717) is 0 Å². The van der Waals surface area contributed by atoms with Crippen LogP contribution in [0.5, 0.6) is 0 Å². The van der Waals surface area contributed by atoms with Crippen molar-refractivity contribution in [1.29, 1.82) is 0 Å². The molecule has 0 spiro atoms. The van der Waals surface area contributed by atoms with Crippen LogP contribution in [0.4, 0.5) is 0 Å². The second kappa shape index (κ2) is 19.5. The molecule has 0 atom stereocenters. The maximum Gasteiger partial charge on any atom is 0.0449 e. The van der Waals surface area contributed by atoms with Crippen molar-refractivity contribution in [3.8, 4) is 0 Å². The van der Waals surface area contributed by atoms with Gasteiger partial charge in [-0.3, -0.25) is 0 Å². The van der Waals surface area contributed by atoms with E-state index in [9.17, 15) is 0 Å². The van der Waals surface area contributed by atoms with Gasteiger partial charge in [0.05, 0.1) is 0 Å². The van der Waals surface area contributed by atoms with Crippen LogP contribution in [0.2, 0.25) is 0 Å². The van der Waals surface area contributed by atoms with Gasteiger partial charge in [-0.1, -0.05) is 176 Å². The first-order chi connectivity index (χ1) is 17.2. The zero-order valence-electron chi connectivity index (χ0n) is 22.7. The fraction of sp³-hybridized carbons (Fsp3) is 0.559. The van der Waals surface area contributed by atoms with E-state index >= 15 is 0 Å². The molecule has 0 saturated heterocycles. The van der Waals surface area contributed by atoms with Crippen LogP contribution in [0.25, 0.3) is 6.08 Å². The molecule has 35 heavy (non-hydrogen) atoms. The zero-order chi connectivity index (χ0) is 25.0. The Bertz CT molecular complexity index is 830. The normalized spacial score (nSPS) is 11.4. The lowest BCUT2D eigenvalue weighted by atomic mass is 10.0. The van der Waals surface area contributed by atoms with Gasteiger partial charge in [-0.05, 0) is 42.5 Å². The van der Waals surface area contributed by atoms with E-state index in [1.165, 1.54) is 126 Å². The molecule has 2 aromatic carbocycles. The van der Waals surface area contributed by atoms with Crippen molar-refractivity contribution < 1.29 is 0 Å². The van der Waals surface area contributed by atoms with Gasteiger partial charge in [0.2, 0.25) is 0 Å². The summed E-state index contributed by atoms with van der Waals surface area (Å²) in [5.41, 5.74) is 5.07. The van der Waals surface area contributed by atoms with Gasteiger partial charge in [-0.2, -0.15) is 0 Å². The molecule has 0 unspecified atom stereocenters. The number of allylic oxidation sites excluding steroid dienone is 1. The van der Waals surface area contributed by atoms with Crippen LogP contribution in [0.1, 0.15) is 132 Å². The molecule has 0 aromatic heterocycles. The highest BCUT2D eigenvalue weighted by molar-refractivity contribution is 7.81. The summed E-state index contributed by atoms with van der Waals surface area (Å²) >= 11 is 5.59. The van der Waals surface area contributed by atoms with Gasteiger partial charge in [0.1, 0.15) is 0 Å². The Morgan fingerprint density at radius 3 is 1.71 bits per heavy atom. The molecule has 0 aliphatic rings. The minimum atomic E-state index is 0.896. The van der Waals surface area contributed by atoms with Crippen molar-refractivity contribution >= 4 is 23.2 Å². The van der Waals surface area contributed by atoms with E-state index in [-0.39, 0.29) is 0 Å². The van der Waals surface area contributed by atoms with E-state index in [1.54, 1.807) is 0 Å². The highest BCUT2D eigenvalue weighted by Gasteiger charge is 1.99. The fourth-order valence-corrected chi connectivity index (χ4v) is 4.92. The molecule has 0 aliphatic carbocycles. The quantitative estimate of drug-likeness (QED) is 0.0769. The Balaban J connectivity index is 1.48. The van der Waals surface area contributed by atoms with Crippen molar-refractivity contribution in [3.63, 3.8) is 0 Å². The molecule has 0 fully saturated rings. The summed E-state index contributed by atoms with van der Waals surface area (Å²) in [5, 5.41) is 0. The number of unbranched alkanes of at least 4 members (excludes halogenated alkanes) is 15. The molecule has 0 saturated carbocycles. The zero-order valence-corrected chi connectivity index (χ0v) is 23.5. The molecule has 0 nitrogen and oxygen atoms in total. The molecule has 192 valence electrons. The van der Waals surface area contributed by atoms with E-state index < -0.39 is 0 Å². The second-order valence-electron chi connectivity index (χ2n) is 10.4. The molecular weight excluding hydrogens is 440 g/mol. The number of benzene rings is 2. The van der Waals surface area contributed by atoms with Gasteiger partial charge >= 0.3 is 0 Å². The summed E-state index contributed by atoms with van der Waals surface area (Å²) in [6.07, 6.45) is 28.2. The van der Waals surface area contributed by atoms with Crippen molar-refractivity contribution in [2.75, 3.05) is 0 Å². The molecule has 0 aliphatic heterocycles. The monoisotopic (exact) mass is 490 g/mol. The van der Waals surface area contributed by atoms with Crippen LogP contribution < -0.4 is 0 Å². The lowest BCUT2D eigenvalue weighted by Crippen LogP contribution is -1.92. The van der Waals surface area contributed by atoms with Crippen molar-refractivity contribution in [1.82, 2.24) is 0 Å². The highest BCUT2D eigenvalue weighted by atomic mass is 32.1. The summed E-state index contributed by atoms with van der Waals surface area (Å²) in [7, 11) is 0. The predicted octanol–water partition coefficient (Wildman–Crippen LogP) is 11.2. The Morgan fingerprint density at radius 2 is 1.17 bits per heavy atom. The van der Waals surface area contributed by atoms with Gasteiger partial charge in [-0.15, -0.1) is 0 Å². The van der Waals surface area contributed by atoms with Crippen LogP contribution in [0, 0.1) is 6.92 Å². The molecular formula is C34H50S. The average Bonchev–Trinajstić information content (AvgIpc) is 2.87.